The third kappa shape index (κ3) is 2.84. The van der Waals surface area contributed by atoms with Gasteiger partial charge in [-0.05, 0) is 19.1 Å². The van der Waals surface area contributed by atoms with E-state index in [0.717, 1.165) is 0 Å². The van der Waals surface area contributed by atoms with Crippen LogP contribution in [0.25, 0.3) is 0 Å². The summed E-state index contributed by atoms with van der Waals surface area (Å²) in [4.78, 5) is 20.8. The van der Waals surface area contributed by atoms with E-state index in [4.69, 9.17) is 5.73 Å². The number of anilines is 1. The molecule has 0 heterocycles. The second-order valence-corrected chi connectivity index (χ2v) is 3.00. The van der Waals surface area contributed by atoms with Gasteiger partial charge in [-0.3, -0.25) is 15.5 Å². The monoisotopic (exact) mass is 224 g/mol. The molecular formula is C9H12N4O3. The van der Waals surface area contributed by atoms with Crippen LogP contribution in [-0.2, 0) is 0 Å². The predicted octanol–water partition coefficient (Wildman–Crippen LogP) is 1.32. The molecule has 0 aliphatic heterocycles. The van der Waals surface area contributed by atoms with Gasteiger partial charge in [-0.1, -0.05) is 0 Å². The van der Waals surface area contributed by atoms with Crippen molar-refractivity contribution in [2.45, 2.75) is 6.92 Å². The van der Waals surface area contributed by atoms with E-state index in [1.54, 1.807) is 6.92 Å². The van der Waals surface area contributed by atoms with Gasteiger partial charge in [0.05, 0.1) is 10.6 Å². The zero-order chi connectivity index (χ0) is 12.1. The molecule has 7 nitrogen and oxygen atoms in total. The van der Waals surface area contributed by atoms with Crippen molar-refractivity contribution in [3.8, 4) is 0 Å². The summed E-state index contributed by atoms with van der Waals surface area (Å²) in [6.07, 6.45) is 0. The van der Waals surface area contributed by atoms with Crippen molar-refractivity contribution >= 4 is 17.4 Å². The second-order valence-electron chi connectivity index (χ2n) is 3.00. The fourth-order valence-corrected chi connectivity index (χ4v) is 1.10. The Balaban J connectivity index is 2.75. The number of hydrazine groups is 1. The third-order valence-corrected chi connectivity index (χ3v) is 1.92. The summed E-state index contributed by atoms with van der Waals surface area (Å²) in [5, 5.41) is 11.6. The Hall–Kier alpha value is -2.31. The van der Waals surface area contributed by atoms with Crippen LogP contribution in [0.15, 0.2) is 24.3 Å². The molecule has 1 rings (SSSR count). The SMILES string of the molecule is CCN(Nc1ccc([N+](=O)[O-])cc1)C(N)=O. The minimum Gasteiger partial charge on any atom is -0.350 e. The first-order valence-electron chi connectivity index (χ1n) is 4.62. The fraction of sp³-hybridized carbons (Fsp3) is 0.222. The lowest BCUT2D eigenvalue weighted by atomic mass is 10.3. The highest BCUT2D eigenvalue weighted by atomic mass is 16.6. The molecule has 0 aliphatic carbocycles. The molecule has 0 saturated carbocycles. The molecule has 1 aromatic carbocycles. The van der Waals surface area contributed by atoms with Gasteiger partial charge < -0.3 is 5.73 Å². The van der Waals surface area contributed by atoms with Gasteiger partial charge in [-0.15, -0.1) is 0 Å². The van der Waals surface area contributed by atoms with Gasteiger partial charge in [0.1, 0.15) is 0 Å². The van der Waals surface area contributed by atoms with E-state index in [-0.39, 0.29) is 5.69 Å². The summed E-state index contributed by atoms with van der Waals surface area (Å²) < 4.78 is 0. The number of rotatable bonds is 4. The number of non-ortho nitro benzene ring substituents is 1. The van der Waals surface area contributed by atoms with E-state index in [1.807, 2.05) is 0 Å². The number of hydrogen-bond acceptors (Lipinski definition) is 4. The van der Waals surface area contributed by atoms with Crippen LogP contribution in [0.3, 0.4) is 0 Å². The van der Waals surface area contributed by atoms with Crippen molar-refractivity contribution in [3.05, 3.63) is 34.4 Å². The van der Waals surface area contributed by atoms with Crippen LogP contribution in [0.5, 0.6) is 0 Å². The lowest BCUT2D eigenvalue weighted by Crippen LogP contribution is -2.39. The largest absolute Gasteiger partial charge is 0.350 e. The topological polar surface area (TPSA) is 102 Å². The summed E-state index contributed by atoms with van der Waals surface area (Å²) in [6, 6.07) is 5.09. The van der Waals surface area contributed by atoms with E-state index >= 15 is 0 Å². The van der Waals surface area contributed by atoms with Crippen LogP contribution in [0, 0.1) is 10.1 Å². The maximum Gasteiger partial charge on any atom is 0.333 e. The minimum absolute atomic E-state index is 0.00678. The van der Waals surface area contributed by atoms with E-state index in [0.29, 0.717) is 12.2 Å². The number of urea groups is 1. The van der Waals surface area contributed by atoms with Crippen LogP contribution in [0.1, 0.15) is 6.92 Å². The summed E-state index contributed by atoms with van der Waals surface area (Å²) in [5.74, 6) is 0. The van der Waals surface area contributed by atoms with Gasteiger partial charge in [0.15, 0.2) is 0 Å². The van der Waals surface area contributed by atoms with Crippen LogP contribution < -0.4 is 11.2 Å². The van der Waals surface area contributed by atoms with E-state index in [9.17, 15) is 14.9 Å². The maximum absolute atomic E-state index is 10.9. The Morgan fingerprint density at radius 1 is 1.50 bits per heavy atom. The van der Waals surface area contributed by atoms with Gasteiger partial charge >= 0.3 is 6.03 Å². The van der Waals surface area contributed by atoms with Crippen molar-refractivity contribution in [2.24, 2.45) is 5.73 Å². The zero-order valence-electron chi connectivity index (χ0n) is 8.71. The highest BCUT2D eigenvalue weighted by Gasteiger charge is 2.08. The Kier molecular flexibility index (Phi) is 3.65. The smallest absolute Gasteiger partial charge is 0.333 e. The number of hydrogen-bond donors (Lipinski definition) is 2. The summed E-state index contributed by atoms with van der Waals surface area (Å²) in [6.45, 7) is 2.15. The zero-order valence-corrected chi connectivity index (χ0v) is 8.71. The lowest BCUT2D eigenvalue weighted by molar-refractivity contribution is -0.384. The normalized spacial score (nSPS) is 9.56. The number of carbonyl (C=O) groups excluding carboxylic acids is 1. The number of nitrogens with zero attached hydrogens (tertiary/aromatic N) is 2. The number of nitro benzene ring substituents is 1. The number of primary amides is 1. The molecule has 0 unspecified atom stereocenters. The summed E-state index contributed by atoms with van der Waals surface area (Å²) in [5.41, 5.74) is 8.37. The summed E-state index contributed by atoms with van der Waals surface area (Å²) >= 11 is 0. The highest BCUT2D eigenvalue weighted by Crippen LogP contribution is 2.15. The minimum atomic E-state index is -0.610. The number of nitro groups is 1. The van der Waals surface area contributed by atoms with Crippen molar-refractivity contribution in [2.75, 3.05) is 12.0 Å². The van der Waals surface area contributed by atoms with Crippen LogP contribution in [0.2, 0.25) is 0 Å². The average molecular weight is 224 g/mol. The lowest BCUT2D eigenvalue weighted by Gasteiger charge is -2.20. The number of nitrogens with one attached hydrogen (secondary N) is 1. The number of amides is 2. The molecule has 16 heavy (non-hydrogen) atoms. The molecule has 0 bridgehead atoms. The molecule has 0 spiro atoms. The molecule has 0 saturated heterocycles. The first kappa shape index (κ1) is 11.8. The van der Waals surface area contributed by atoms with Crippen molar-refractivity contribution < 1.29 is 9.72 Å². The van der Waals surface area contributed by atoms with Gasteiger partial charge in [-0.2, -0.15) is 0 Å². The third-order valence-electron chi connectivity index (χ3n) is 1.92. The van der Waals surface area contributed by atoms with Gasteiger partial charge in [-0.25, -0.2) is 9.80 Å². The number of carbonyl (C=O) groups is 1. The molecule has 0 atom stereocenters. The first-order valence-corrected chi connectivity index (χ1v) is 4.62. The molecule has 3 N–H and O–H groups in total. The average Bonchev–Trinajstić information content (AvgIpc) is 2.26. The highest BCUT2D eigenvalue weighted by molar-refractivity contribution is 5.73. The van der Waals surface area contributed by atoms with Crippen LogP contribution >= 0.6 is 0 Å². The fourth-order valence-electron chi connectivity index (χ4n) is 1.10. The van der Waals surface area contributed by atoms with Crippen molar-refractivity contribution in [3.63, 3.8) is 0 Å². The molecule has 0 aliphatic rings. The van der Waals surface area contributed by atoms with E-state index in [2.05, 4.69) is 5.43 Å². The molecule has 0 fully saturated rings. The van der Waals surface area contributed by atoms with Crippen LogP contribution in [-0.4, -0.2) is 22.5 Å². The molecule has 0 radical (unpaired) electrons. The quantitative estimate of drug-likeness (QED) is 0.594. The molecule has 2 amide bonds. The summed E-state index contributed by atoms with van der Waals surface area (Å²) in [7, 11) is 0. The van der Waals surface area contributed by atoms with Gasteiger partial charge in [0, 0.05) is 18.7 Å². The van der Waals surface area contributed by atoms with Gasteiger partial charge in [0.2, 0.25) is 0 Å². The first-order chi connectivity index (χ1) is 7.54. The van der Waals surface area contributed by atoms with Crippen LogP contribution in [0.4, 0.5) is 16.2 Å². The van der Waals surface area contributed by atoms with Crippen molar-refractivity contribution in [1.29, 1.82) is 0 Å². The Morgan fingerprint density at radius 2 is 2.06 bits per heavy atom. The molecule has 7 heteroatoms. The Morgan fingerprint density at radius 3 is 2.44 bits per heavy atom. The van der Waals surface area contributed by atoms with E-state index < -0.39 is 11.0 Å². The second kappa shape index (κ2) is 4.96. The number of benzene rings is 1. The maximum atomic E-state index is 10.9. The Bertz CT molecular complexity index is 390. The molecule has 86 valence electrons. The molecule has 1 aromatic rings. The number of nitrogens with two attached hydrogens (primary N) is 1. The molecule has 0 aromatic heterocycles. The van der Waals surface area contributed by atoms with E-state index in [1.165, 1.54) is 29.3 Å². The van der Waals surface area contributed by atoms with Crippen molar-refractivity contribution in [1.82, 2.24) is 5.01 Å². The Labute approximate surface area is 92.0 Å². The molecular weight excluding hydrogens is 212 g/mol. The van der Waals surface area contributed by atoms with Gasteiger partial charge in [0.25, 0.3) is 5.69 Å². The predicted molar refractivity (Wildman–Crippen MR) is 58.7 cm³/mol. The standard InChI is InChI=1S/C9H12N4O3/c1-2-12(9(10)14)11-7-3-5-8(6-4-7)13(15)16/h3-6,11H,2H2,1H3,(H2,10,14).